The van der Waals surface area contributed by atoms with Crippen LogP contribution in [0.5, 0.6) is 0 Å². The van der Waals surface area contributed by atoms with E-state index in [1.807, 2.05) is 12.1 Å². The highest BCUT2D eigenvalue weighted by Gasteiger charge is 2.04. The first-order valence-corrected chi connectivity index (χ1v) is 5.70. The van der Waals surface area contributed by atoms with Gasteiger partial charge in [0.2, 0.25) is 0 Å². The van der Waals surface area contributed by atoms with Crippen LogP contribution in [0.3, 0.4) is 0 Å². The van der Waals surface area contributed by atoms with Crippen molar-refractivity contribution >= 4 is 28.9 Å². The molecular weight excluding hydrogens is 231 g/mol. The van der Waals surface area contributed by atoms with Crippen LogP contribution in [0, 0.1) is 5.92 Å². The minimum atomic E-state index is 0.450. The van der Waals surface area contributed by atoms with Crippen molar-refractivity contribution in [3.8, 4) is 0 Å². The number of nitrogens with one attached hydrogen (secondary N) is 1. The maximum atomic E-state index is 5.92. The van der Waals surface area contributed by atoms with E-state index in [1.165, 1.54) is 0 Å². The predicted molar refractivity (Wildman–Crippen MR) is 67.4 cm³/mol. The Balaban J connectivity index is 2.63. The zero-order valence-electron chi connectivity index (χ0n) is 8.98. The molecule has 1 aromatic rings. The highest BCUT2D eigenvalue weighted by molar-refractivity contribution is 6.38. The topological polar surface area (TPSA) is 38.0 Å². The molecule has 0 radical (unpaired) electrons. The average Bonchev–Trinajstić information content (AvgIpc) is 2.13. The predicted octanol–water partition coefficient (Wildman–Crippen LogP) is 3.32. The van der Waals surface area contributed by atoms with Crippen molar-refractivity contribution in [2.45, 2.75) is 20.4 Å². The first-order chi connectivity index (χ1) is 7.00. The molecule has 4 heteroatoms. The fraction of sp³-hybridized carbons (Fsp3) is 0.455. The Bertz CT molecular complexity index is 314. The largest absolute Gasteiger partial charge is 0.396 e. The summed E-state index contributed by atoms with van der Waals surface area (Å²) in [7, 11) is 0. The summed E-state index contributed by atoms with van der Waals surface area (Å²) in [6, 6.07) is 3.69. The van der Waals surface area contributed by atoms with Gasteiger partial charge in [-0.3, -0.25) is 0 Å². The van der Waals surface area contributed by atoms with E-state index < -0.39 is 0 Å². The summed E-state index contributed by atoms with van der Waals surface area (Å²) in [5.74, 6) is 0.629. The van der Waals surface area contributed by atoms with Crippen LogP contribution in [0.1, 0.15) is 19.4 Å². The summed E-state index contributed by atoms with van der Waals surface area (Å²) < 4.78 is 0. The van der Waals surface area contributed by atoms with Gasteiger partial charge in [-0.15, -0.1) is 0 Å². The number of nitrogen functional groups attached to an aromatic ring is 1. The summed E-state index contributed by atoms with van der Waals surface area (Å²) in [5.41, 5.74) is 7.15. The molecular formula is C11H16Cl2N2. The standard InChI is InChI=1S/C11H16Cl2N2/c1-7(2)5-15-6-8-3-9(12)11(14)10(13)4-8/h3-4,7,15H,5-6,14H2,1-2H3. The Kier molecular flexibility index (Phi) is 4.71. The second-order valence-electron chi connectivity index (χ2n) is 4.00. The number of nitrogens with two attached hydrogens (primary N) is 1. The third-order valence-electron chi connectivity index (χ3n) is 2.02. The first-order valence-electron chi connectivity index (χ1n) is 4.94. The SMILES string of the molecule is CC(C)CNCc1cc(Cl)c(N)c(Cl)c1. The zero-order chi connectivity index (χ0) is 11.4. The number of benzene rings is 1. The highest BCUT2D eigenvalue weighted by atomic mass is 35.5. The van der Waals surface area contributed by atoms with Gasteiger partial charge in [-0.05, 0) is 30.2 Å². The lowest BCUT2D eigenvalue weighted by Gasteiger charge is -2.09. The van der Waals surface area contributed by atoms with E-state index in [4.69, 9.17) is 28.9 Å². The molecule has 3 N–H and O–H groups in total. The lowest BCUT2D eigenvalue weighted by Crippen LogP contribution is -2.18. The number of anilines is 1. The monoisotopic (exact) mass is 246 g/mol. The van der Waals surface area contributed by atoms with Gasteiger partial charge in [-0.25, -0.2) is 0 Å². The van der Waals surface area contributed by atoms with E-state index in [-0.39, 0.29) is 0 Å². The van der Waals surface area contributed by atoms with E-state index in [0.29, 0.717) is 21.7 Å². The molecule has 0 aliphatic carbocycles. The van der Waals surface area contributed by atoms with E-state index >= 15 is 0 Å². The Morgan fingerprint density at radius 2 is 1.80 bits per heavy atom. The molecule has 0 unspecified atom stereocenters. The van der Waals surface area contributed by atoms with Gasteiger partial charge in [-0.2, -0.15) is 0 Å². The molecule has 0 aliphatic heterocycles. The van der Waals surface area contributed by atoms with Crippen molar-refractivity contribution in [2.75, 3.05) is 12.3 Å². The molecule has 0 saturated heterocycles. The van der Waals surface area contributed by atoms with Crippen LogP contribution in [0.25, 0.3) is 0 Å². The Morgan fingerprint density at radius 3 is 2.27 bits per heavy atom. The minimum absolute atomic E-state index is 0.450. The van der Waals surface area contributed by atoms with Crippen LogP contribution in [0.4, 0.5) is 5.69 Å². The van der Waals surface area contributed by atoms with Crippen LogP contribution in [-0.2, 0) is 6.54 Å². The van der Waals surface area contributed by atoms with E-state index in [1.54, 1.807) is 0 Å². The number of rotatable bonds is 4. The summed E-state index contributed by atoms with van der Waals surface area (Å²) in [6.07, 6.45) is 0. The average molecular weight is 247 g/mol. The van der Waals surface area contributed by atoms with Crippen molar-refractivity contribution < 1.29 is 0 Å². The molecule has 0 fully saturated rings. The first kappa shape index (κ1) is 12.6. The molecule has 84 valence electrons. The summed E-state index contributed by atoms with van der Waals surface area (Å²) >= 11 is 11.8. The Hall–Kier alpha value is -0.440. The number of hydrogen-bond donors (Lipinski definition) is 2. The third kappa shape index (κ3) is 3.90. The maximum absolute atomic E-state index is 5.92. The van der Waals surface area contributed by atoms with E-state index in [9.17, 15) is 0 Å². The van der Waals surface area contributed by atoms with Crippen molar-refractivity contribution in [3.05, 3.63) is 27.7 Å². The number of halogens is 2. The van der Waals surface area contributed by atoms with Crippen LogP contribution in [0.15, 0.2) is 12.1 Å². The van der Waals surface area contributed by atoms with Gasteiger partial charge in [0.15, 0.2) is 0 Å². The molecule has 0 atom stereocenters. The van der Waals surface area contributed by atoms with Crippen molar-refractivity contribution in [2.24, 2.45) is 5.92 Å². The molecule has 0 amide bonds. The van der Waals surface area contributed by atoms with Gasteiger partial charge in [0.25, 0.3) is 0 Å². The second kappa shape index (κ2) is 5.59. The summed E-state index contributed by atoms with van der Waals surface area (Å²) in [5, 5.41) is 4.35. The van der Waals surface area contributed by atoms with Crippen molar-refractivity contribution in [1.29, 1.82) is 0 Å². The Morgan fingerprint density at radius 1 is 1.27 bits per heavy atom. The molecule has 2 nitrogen and oxygen atoms in total. The fourth-order valence-electron chi connectivity index (χ4n) is 1.24. The molecule has 0 bridgehead atoms. The van der Waals surface area contributed by atoms with Crippen LogP contribution in [0.2, 0.25) is 10.0 Å². The van der Waals surface area contributed by atoms with Crippen LogP contribution in [-0.4, -0.2) is 6.54 Å². The number of hydrogen-bond acceptors (Lipinski definition) is 2. The van der Waals surface area contributed by atoms with Gasteiger partial charge >= 0.3 is 0 Å². The molecule has 0 heterocycles. The molecule has 0 aliphatic rings. The van der Waals surface area contributed by atoms with Gasteiger partial charge in [0.1, 0.15) is 0 Å². The van der Waals surface area contributed by atoms with Crippen LogP contribution < -0.4 is 11.1 Å². The minimum Gasteiger partial charge on any atom is -0.396 e. The molecule has 1 aromatic carbocycles. The normalized spacial score (nSPS) is 11.0. The Labute approximate surface area is 101 Å². The second-order valence-corrected chi connectivity index (χ2v) is 4.81. The lowest BCUT2D eigenvalue weighted by molar-refractivity contribution is 0.552. The van der Waals surface area contributed by atoms with Crippen LogP contribution >= 0.6 is 23.2 Å². The molecule has 0 aromatic heterocycles. The molecule has 1 rings (SSSR count). The summed E-state index contributed by atoms with van der Waals surface area (Å²) in [6.45, 7) is 6.06. The molecule has 15 heavy (non-hydrogen) atoms. The van der Waals surface area contributed by atoms with Gasteiger partial charge in [0.05, 0.1) is 15.7 Å². The van der Waals surface area contributed by atoms with Gasteiger partial charge in [0, 0.05) is 6.54 Å². The third-order valence-corrected chi connectivity index (χ3v) is 2.65. The zero-order valence-corrected chi connectivity index (χ0v) is 10.5. The quantitative estimate of drug-likeness (QED) is 0.801. The fourth-order valence-corrected chi connectivity index (χ4v) is 1.78. The lowest BCUT2D eigenvalue weighted by atomic mass is 10.2. The maximum Gasteiger partial charge on any atom is 0.0693 e. The molecule has 0 saturated carbocycles. The highest BCUT2D eigenvalue weighted by Crippen LogP contribution is 2.28. The van der Waals surface area contributed by atoms with Crippen molar-refractivity contribution in [1.82, 2.24) is 5.32 Å². The van der Waals surface area contributed by atoms with Gasteiger partial charge < -0.3 is 11.1 Å². The summed E-state index contributed by atoms with van der Waals surface area (Å²) in [4.78, 5) is 0. The molecule has 0 spiro atoms. The van der Waals surface area contributed by atoms with Crippen molar-refractivity contribution in [3.63, 3.8) is 0 Å². The van der Waals surface area contributed by atoms with E-state index in [0.717, 1.165) is 18.7 Å². The smallest absolute Gasteiger partial charge is 0.0693 e. The van der Waals surface area contributed by atoms with Gasteiger partial charge in [-0.1, -0.05) is 37.0 Å². The van der Waals surface area contributed by atoms with E-state index in [2.05, 4.69) is 19.2 Å².